The summed E-state index contributed by atoms with van der Waals surface area (Å²) in [4.78, 5) is 5.13. The van der Waals surface area contributed by atoms with Crippen molar-refractivity contribution in [3.63, 3.8) is 0 Å². The van der Waals surface area contributed by atoms with E-state index in [0.29, 0.717) is 10.6 Å². The van der Waals surface area contributed by atoms with E-state index in [1.54, 1.807) is 36.4 Å². The predicted octanol–water partition coefficient (Wildman–Crippen LogP) is 1.85. The van der Waals surface area contributed by atoms with Crippen molar-refractivity contribution >= 4 is 21.2 Å². The molecule has 1 aliphatic rings. The molecule has 6 heteroatoms. The Hall–Kier alpha value is -2.05. The van der Waals surface area contributed by atoms with Gasteiger partial charge in [-0.15, -0.1) is 0 Å². The van der Waals surface area contributed by atoms with E-state index >= 15 is 0 Å². The summed E-state index contributed by atoms with van der Waals surface area (Å²) >= 11 is 0. The van der Waals surface area contributed by atoms with Crippen LogP contribution in [0.1, 0.15) is 0 Å². The molecule has 0 spiro atoms. The number of benzene rings is 2. The second-order valence-corrected chi connectivity index (χ2v) is 7.81. The number of nitrogens with two attached hydrogens (primary N) is 1. The lowest BCUT2D eigenvalue weighted by atomic mass is 10.2. The van der Waals surface area contributed by atoms with Gasteiger partial charge >= 0.3 is 0 Å². The molecular weight excluding hydrogens is 310 g/mol. The van der Waals surface area contributed by atoms with Crippen molar-refractivity contribution in [3.8, 4) is 0 Å². The Morgan fingerprint density at radius 2 is 1.30 bits per heavy atom. The fourth-order valence-electron chi connectivity index (χ4n) is 2.68. The van der Waals surface area contributed by atoms with Gasteiger partial charge in [-0.2, -0.15) is 0 Å². The SMILES string of the molecule is CN1CCN(c2ccc(S(=O)(=O)c3ccc(N)cc3)cc2)CC1. The van der Waals surface area contributed by atoms with Crippen LogP contribution in [0.25, 0.3) is 0 Å². The molecule has 1 fully saturated rings. The van der Waals surface area contributed by atoms with Gasteiger partial charge in [0, 0.05) is 37.6 Å². The first-order chi connectivity index (χ1) is 11.0. The molecule has 0 radical (unpaired) electrons. The molecule has 0 atom stereocenters. The van der Waals surface area contributed by atoms with Gasteiger partial charge in [0.15, 0.2) is 0 Å². The summed E-state index contributed by atoms with van der Waals surface area (Å²) in [6.07, 6.45) is 0. The van der Waals surface area contributed by atoms with Crippen LogP contribution >= 0.6 is 0 Å². The van der Waals surface area contributed by atoms with Crippen molar-refractivity contribution in [1.29, 1.82) is 0 Å². The molecule has 2 aromatic carbocycles. The van der Waals surface area contributed by atoms with Crippen molar-refractivity contribution in [2.24, 2.45) is 0 Å². The molecule has 0 aromatic heterocycles. The number of likely N-dealkylation sites (N-methyl/N-ethyl adjacent to an activating group) is 1. The molecular formula is C17H21N3O2S. The maximum atomic E-state index is 12.6. The molecule has 0 amide bonds. The maximum Gasteiger partial charge on any atom is 0.206 e. The van der Waals surface area contributed by atoms with E-state index in [4.69, 9.17) is 5.73 Å². The fourth-order valence-corrected chi connectivity index (χ4v) is 3.94. The van der Waals surface area contributed by atoms with Gasteiger partial charge in [-0.25, -0.2) is 8.42 Å². The molecule has 0 bridgehead atoms. The molecule has 1 saturated heterocycles. The number of nitrogen functional groups attached to an aromatic ring is 1. The van der Waals surface area contributed by atoms with Crippen LogP contribution in [-0.2, 0) is 9.84 Å². The minimum Gasteiger partial charge on any atom is -0.399 e. The van der Waals surface area contributed by atoms with Crippen LogP contribution < -0.4 is 10.6 Å². The van der Waals surface area contributed by atoms with E-state index in [1.807, 2.05) is 12.1 Å². The Kier molecular flexibility index (Phi) is 4.28. The maximum absolute atomic E-state index is 12.6. The van der Waals surface area contributed by atoms with Crippen molar-refractivity contribution in [1.82, 2.24) is 4.90 Å². The monoisotopic (exact) mass is 331 g/mol. The lowest BCUT2D eigenvalue weighted by molar-refractivity contribution is 0.313. The molecule has 1 aliphatic heterocycles. The highest BCUT2D eigenvalue weighted by Gasteiger charge is 2.19. The van der Waals surface area contributed by atoms with Gasteiger partial charge in [0.2, 0.25) is 9.84 Å². The Morgan fingerprint density at radius 3 is 1.83 bits per heavy atom. The van der Waals surface area contributed by atoms with Gasteiger partial charge in [-0.05, 0) is 55.6 Å². The molecule has 122 valence electrons. The summed E-state index contributed by atoms with van der Waals surface area (Å²) < 4.78 is 25.2. The summed E-state index contributed by atoms with van der Waals surface area (Å²) in [5.74, 6) is 0. The quantitative estimate of drug-likeness (QED) is 0.870. The summed E-state index contributed by atoms with van der Waals surface area (Å²) in [6.45, 7) is 3.96. The average molecular weight is 331 g/mol. The summed E-state index contributed by atoms with van der Waals surface area (Å²) in [6, 6.07) is 13.4. The molecule has 23 heavy (non-hydrogen) atoms. The topological polar surface area (TPSA) is 66.6 Å². The molecule has 0 aliphatic carbocycles. The number of hydrogen-bond donors (Lipinski definition) is 1. The van der Waals surface area contributed by atoms with E-state index in [2.05, 4.69) is 16.8 Å². The normalized spacial score (nSPS) is 16.5. The zero-order chi connectivity index (χ0) is 16.4. The highest BCUT2D eigenvalue weighted by Crippen LogP contribution is 2.24. The van der Waals surface area contributed by atoms with Gasteiger partial charge in [0.1, 0.15) is 0 Å². The Balaban J connectivity index is 1.82. The number of anilines is 2. The molecule has 0 saturated carbocycles. The first-order valence-electron chi connectivity index (χ1n) is 7.61. The molecule has 2 N–H and O–H groups in total. The van der Waals surface area contributed by atoms with Crippen LogP contribution in [0, 0.1) is 0 Å². The van der Waals surface area contributed by atoms with Crippen LogP contribution in [0.4, 0.5) is 11.4 Å². The van der Waals surface area contributed by atoms with Crippen LogP contribution in [-0.4, -0.2) is 46.5 Å². The molecule has 0 unspecified atom stereocenters. The van der Waals surface area contributed by atoms with Crippen LogP contribution in [0.2, 0.25) is 0 Å². The molecule has 3 rings (SSSR count). The fraction of sp³-hybridized carbons (Fsp3) is 0.294. The van der Waals surface area contributed by atoms with Gasteiger partial charge in [-0.1, -0.05) is 0 Å². The van der Waals surface area contributed by atoms with Crippen LogP contribution in [0.3, 0.4) is 0 Å². The Labute approximate surface area is 137 Å². The minimum atomic E-state index is -3.49. The third-order valence-corrected chi connectivity index (χ3v) is 5.99. The van der Waals surface area contributed by atoms with Gasteiger partial charge in [-0.3, -0.25) is 0 Å². The molecule has 1 heterocycles. The standard InChI is InChI=1S/C17H21N3O2S/c1-19-10-12-20(13-11-19)15-4-8-17(9-5-15)23(21,22)16-6-2-14(18)3-7-16/h2-9H,10-13,18H2,1H3. The van der Waals surface area contributed by atoms with Gasteiger partial charge < -0.3 is 15.5 Å². The third-order valence-electron chi connectivity index (χ3n) is 4.21. The Bertz CT molecular complexity index is 762. The zero-order valence-corrected chi connectivity index (χ0v) is 14.0. The number of nitrogens with zero attached hydrogens (tertiary/aromatic N) is 2. The van der Waals surface area contributed by atoms with E-state index in [1.165, 1.54) is 0 Å². The summed E-state index contributed by atoms with van der Waals surface area (Å²) in [7, 11) is -1.38. The molecule has 5 nitrogen and oxygen atoms in total. The van der Waals surface area contributed by atoms with E-state index in [-0.39, 0.29) is 4.90 Å². The van der Waals surface area contributed by atoms with Crippen molar-refractivity contribution in [2.75, 3.05) is 43.9 Å². The minimum absolute atomic E-state index is 0.263. The predicted molar refractivity (Wildman–Crippen MR) is 92.5 cm³/mol. The number of piperazine rings is 1. The number of sulfone groups is 1. The van der Waals surface area contributed by atoms with E-state index < -0.39 is 9.84 Å². The highest BCUT2D eigenvalue weighted by atomic mass is 32.2. The lowest BCUT2D eigenvalue weighted by Gasteiger charge is -2.34. The second kappa shape index (κ2) is 6.22. The van der Waals surface area contributed by atoms with Crippen LogP contribution in [0.15, 0.2) is 58.3 Å². The summed E-state index contributed by atoms with van der Waals surface area (Å²) in [5, 5.41) is 0. The summed E-state index contributed by atoms with van der Waals surface area (Å²) in [5.41, 5.74) is 7.23. The zero-order valence-electron chi connectivity index (χ0n) is 13.1. The first kappa shape index (κ1) is 15.8. The lowest BCUT2D eigenvalue weighted by Crippen LogP contribution is -2.44. The van der Waals surface area contributed by atoms with Crippen molar-refractivity contribution < 1.29 is 8.42 Å². The third kappa shape index (κ3) is 3.33. The Morgan fingerprint density at radius 1 is 0.826 bits per heavy atom. The van der Waals surface area contributed by atoms with Crippen molar-refractivity contribution in [2.45, 2.75) is 9.79 Å². The van der Waals surface area contributed by atoms with Crippen LogP contribution in [0.5, 0.6) is 0 Å². The van der Waals surface area contributed by atoms with E-state index in [0.717, 1.165) is 31.9 Å². The largest absolute Gasteiger partial charge is 0.399 e. The first-order valence-corrected chi connectivity index (χ1v) is 9.09. The van der Waals surface area contributed by atoms with Gasteiger partial charge in [0.25, 0.3) is 0 Å². The average Bonchev–Trinajstić information content (AvgIpc) is 2.56. The van der Waals surface area contributed by atoms with Gasteiger partial charge in [0.05, 0.1) is 9.79 Å². The second-order valence-electron chi connectivity index (χ2n) is 5.86. The molecule has 2 aromatic rings. The van der Waals surface area contributed by atoms with E-state index in [9.17, 15) is 8.42 Å². The number of hydrogen-bond acceptors (Lipinski definition) is 5. The highest BCUT2D eigenvalue weighted by molar-refractivity contribution is 7.91. The van der Waals surface area contributed by atoms with Crippen molar-refractivity contribution in [3.05, 3.63) is 48.5 Å². The number of rotatable bonds is 3. The smallest absolute Gasteiger partial charge is 0.206 e.